The molecule has 5 heterocycles. The van der Waals surface area contributed by atoms with Crippen molar-refractivity contribution in [1.29, 1.82) is 0 Å². The van der Waals surface area contributed by atoms with Gasteiger partial charge < -0.3 is 14.9 Å². The number of aliphatic hydroxyl groups is 1. The molecule has 0 aromatic carbocycles. The van der Waals surface area contributed by atoms with Gasteiger partial charge in [0.05, 0.1) is 29.6 Å². The molecular weight excluding hydrogens is 422 g/mol. The number of carbonyl (C=O) groups is 2. The van der Waals surface area contributed by atoms with Crippen molar-refractivity contribution in [3.8, 4) is 11.3 Å². The second kappa shape index (κ2) is 8.11. The monoisotopic (exact) mass is 449 g/mol. The van der Waals surface area contributed by atoms with Crippen LogP contribution in [0.1, 0.15) is 25.3 Å². The molecule has 1 N–H and O–H groups in total. The van der Waals surface area contributed by atoms with Gasteiger partial charge in [-0.25, -0.2) is 9.78 Å². The summed E-state index contributed by atoms with van der Waals surface area (Å²) in [5.74, 6) is -0.270. The van der Waals surface area contributed by atoms with E-state index in [4.69, 9.17) is 4.98 Å². The molecule has 3 aromatic heterocycles. The highest BCUT2D eigenvalue weighted by Crippen LogP contribution is 2.37. The number of anilines is 1. The molecule has 3 aromatic rings. The van der Waals surface area contributed by atoms with Crippen molar-refractivity contribution in [2.75, 3.05) is 25.0 Å². The van der Waals surface area contributed by atoms with Gasteiger partial charge in [-0.15, -0.1) is 0 Å². The molecule has 2 aliphatic heterocycles. The normalized spacial score (nSPS) is 18.1. The third kappa shape index (κ3) is 3.70. The smallest absolute Gasteiger partial charge is 0.324 e. The van der Waals surface area contributed by atoms with E-state index in [1.807, 2.05) is 36.5 Å². The zero-order valence-electron chi connectivity index (χ0n) is 19.0. The zero-order valence-corrected chi connectivity index (χ0v) is 19.0. The Balaban J connectivity index is 1.56. The van der Waals surface area contributed by atoms with Crippen LogP contribution in [-0.4, -0.2) is 78.9 Å². The number of rotatable bonds is 3. The van der Waals surface area contributed by atoms with E-state index in [1.54, 1.807) is 27.7 Å². The lowest BCUT2D eigenvalue weighted by Gasteiger charge is -2.43. The fourth-order valence-electron chi connectivity index (χ4n) is 4.74. The lowest BCUT2D eigenvalue weighted by atomic mass is 9.99. The van der Waals surface area contributed by atoms with E-state index in [0.717, 1.165) is 28.0 Å². The number of amides is 3. The quantitative estimate of drug-likeness (QED) is 0.653. The highest BCUT2D eigenvalue weighted by Gasteiger charge is 2.38. The van der Waals surface area contributed by atoms with Gasteiger partial charge in [0.15, 0.2) is 0 Å². The number of aromatic nitrogens is 4. The minimum absolute atomic E-state index is 0.0773. The molecule has 0 bridgehead atoms. The topological polar surface area (TPSA) is 108 Å². The Bertz CT molecular complexity index is 1230. The first kappa shape index (κ1) is 21.3. The molecule has 0 radical (unpaired) electrons. The fraction of sp³-hybridized carbons (Fsp3) is 0.435. The van der Waals surface area contributed by atoms with E-state index in [0.29, 0.717) is 38.0 Å². The van der Waals surface area contributed by atoms with Gasteiger partial charge in [0, 0.05) is 56.7 Å². The molecule has 10 heteroatoms. The molecule has 3 amide bonds. The lowest BCUT2D eigenvalue weighted by Crippen LogP contribution is -2.55. The van der Waals surface area contributed by atoms with E-state index in [1.165, 1.54) is 6.92 Å². The summed E-state index contributed by atoms with van der Waals surface area (Å²) >= 11 is 0. The zero-order chi connectivity index (χ0) is 23.3. The van der Waals surface area contributed by atoms with E-state index in [2.05, 4.69) is 10.1 Å². The molecule has 0 spiro atoms. The molecule has 0 aliphatic carbocycles. The van der Waals surface area contributed by atoms with Crippen LogP contribution in [0.5, 0.6) is 0 Å². The third-order valence-electron chi connectivity index (χ3n) is 6.44. The Morgan fingerprint density at radius 3 is 2.61 bits per heavy atom. The molecule has 172 valence electrons. The lowest BCUT2D eigenvalue weighted by molar-refractivity contribution is -0.140. The van der Waals surface area contributed by atoms with Gasteiger partial charge in [0.1, 0.15) is 11.6 Å². The van der Waals surface area contributed by atoms with Crippen molar-refractivity contribution >= 4 is 28.7 Å². The maximum Gasteiger partial charge on any atom is 0.324 e. The first-order valence-corrected chi connectivity index (χ1v) is 11.1. The van der Waals surface area contributed by atoms with Gasteiger partial charge >= 0.3 is 6.03 Å². The number of hydrogen-bond acceptors (Lipinski definition) is 6. The summed E-state index contributed by atoms with van der Waals surface area (Å²) in [4.78, 5) is 40.3. The van der Waals surface area contributed by atoms with Crippen LogP contribution in [0, 0.1) is 0 Å². The summed E-state index contributed by atoms with van der Waals surface area (Å²) in [6.45, 7) is 2.94. The summed E-state index contributed by atoms with van der Waals surface area (Å²) in [5, 5.41) is 13.9. The number of piperidine rings is 1. The molecule has 5 rings (SSSR count). The molecule has 33 heavy (non-hydrogen) atoms. The number of pyridine rings is 2. The number of aryl methyl sites for hydroxylation is 1. The average molecular weight is 450 g/mol. The first-order chi connectivity index (χ1) is 15.8. The maximum absolute atomic E-state index is 13.4. The number of aliphatic hydroxyl groups excluding tert-OH is 1. The minimum Gasteiger partial charge on any atom is -0.384 e. The number of hydrogen-bond donors (Lipinski definition) is 1. The molecule has 0 unspecified atom stereocenters. The van der Waals surface area contributed by atoms with Crippen molar-refractivity contribution in [2.24, 2.45) is 7.05 Å². The molecule has 2 aliphatic rings. The predicted octanol–water partition coefficient (Wildman–Crippen LogP) is 1.77. The maximum atomic E-state index is 13.4. The standard InChI is InChI=1S/C23H27N7O3/c1-14(31)22(32)29-8-6-17(7-9-29)30-21-16(12-27(2)23(30)33)10-24-19-5-4-18(26-20(19)21)15-11-25-28(3)13-15/h4-5,10-11,13-14,17,31H,6-9,12H2,1-3H3/t14-/m1/s1. The van der Waals surface area contributed by atoms with Crippen molar-refractivity contribution in [1.82, 2.24) is 29.5 Å². The number of urea groups is 1. The largest absolute Gasteiger partial charge is 0.384 e. The Labute approximate surface area is 191 Å². The Kier molecular flexibility index (Phi) is 5.24. The van der Waals surface area contributed by atoms with Crippen LogP contribution >= 0.6 is 0 Å². The van der Waals surface area contributed by atoms with Gasteiger partial charge in [0.2, 0.25) is 0 Å². The SMILES string of the molecule is C[C@@H](O)C(=O)N1CCC(N2C(=O)N(C)Cc3cnc4ccc(-c5cnn(C)c5)nc4c32)CC1. The van der Waals surface area contributed by atoms with Crippen LogP contribution in [-0.2, 0) is 18.4 Å². The molecule has 0 saturated carbocycles. The van der Waals surface area contributed by atoms with E-state index in [-0.39, 0.29) is 18.0 Å². The number of likely N-dealkylation sites (tertiary alicyclic amines) is 1. The summed E-state index contributed by atoms with van der Waals surface area (Å²) in [5.41, 5.74) is 4.84. The van der Waals surface area contributed by atoms with Gasteiger partial charge in [0.25, 0.3) is 5.91 Å². The highest BCUT2D eigenvalue weighted by atomic mass is 16.3. The third-order valence-corrected chi connectivity index (χ3v) is 6.44. The summed E-state index contributed by atoms with van der Waals surface area (Å²) in [6.07, 6.45) is 5.74. The van der Waals surface area contributed by atoms with E-state index < -0.39 is 6.10 Å². The second-order valence-electron chi connectivity index (χ2n) is 8.84. The van der Waals surface area contributed by atoms with Gasteiger partial charge in [-0.3, -0.25) is 19.4 Å². The summed E-state index contributed by atoms with van der Waals surface area (Å²) in [7, 11) is 3.65. The van der Waals surface area contributed by atoms with Crippen molar-refractivity contribution in [3.05, 3.63) is 36.3 Å². The van der Waals surface area contributed by atoms with Crippen LogP contribution in [0.15, 0.2) is 30.7 Å². The second-order valence-corrected chi connectivity index (χ2v) is 8.84. The van der Waals surface area contributed by atoms with Crippen molar-refractivity contribution in [3.63, 3.8) is 0 Å². The van der Waals surface area contributed by atoms with Crippen LogP contribution in [0.4, 0.5) is 10.5 Å². The highest BCUT2D eigenvalue weighted by molar-refractivity contribution is 6.04. The van der Waals surface area contributed by atoms with Crippen molar-refractivity contribution in [2.45, 2.75) is 38.5 Å². The average Bonchev–Trinajstić information content (AvgIpc) is 3.25. The molecule has 1 fully saturated rings. The first-order valence-electron chi connectivity index (χ1n) is 11.1. The van der Waals surface area contributed by atoms with Crippen LogP contribution in [0.3, 0.4) is 0 Å². The molecule has 1 saturated heterocycles. The summed E-state index contributed by atoms with van der Waals surface area (Å²) < 4.78 is 1.73. The van der Waals surface area contributed by atoms with Gasteiger partial charge in [-0.05, 0) is 31.9 Å². The number of carbonyl (C=O) groups excluding carboxylic acids is 2. The Morgan fingerprint density at radius 1 is 1.18 bits per heavy atom. The van der Waals surface area contributed by atoms with E-state index >= 15 is 0 Å². The summed E-state index contributed by atoms with van der Waals surface area (Å²) in [6, 6.07) is 3.69. The molecule has 10 nitrogen and oxygen atoms in total. The van der Waals surface area contributed by atoms with Gasteiger partial charge in [-0.1, -0.05) is 0 Å². The van der Waals surface area contributed by atoms with Crippen LogP contribution in [0.25, 0.3) is 22.3 Å². The Hall–Kier alpha value is -3.53. The minimum atomic E-state index is -1.02. The number of nitrogens with zero attached hydrogens (tertiary/aromatic N) is 7. The number of fused-ring (bicyclic) bond motifs is 3. The fourth-order valence-corrected chi connectivity index (χ4v) is 4.74. The Morgan fingerprint density at radius 2 is 1.94 bits per heavy atom. The van der Waals surface area contributed by atoms with Gasteiger partial charge in [-0.2, -0.15) is 5.10 Å². The van der Waals surface area contributed by atoms with Crippen LogP contribution < -0.4 is 4.90 Å². The molecule has 1 atom stereocenters. The van der Waals surface area contributed by atoms with Crippen molar-refractivity contribution < 1.29 is 14.7 Å². The van der Waals surface area contributed by atoms with Crippen LogP contribution in [0.2, 0.25) is 0 Å². The molecular formula is C23H27N7O3. The van der Waals surface area contributed by atoms with E-state index in [9.17, 15) is 14.7 Å². The predicted molar refractivity (Wildman–Crippen MR) is 122 cm³/mol.